The maximum Gasteiger partial charge on any atom is 0.525 e. The zero-order chi connectivity index (χ0) is 14.8. The fourth-order valence-electron chi connectivity index (χ4n) is 0.708. The van der Waals surface area contributed by atoms with E-state index in [2.05, 4.69) is 4.74 Å². The molecule has 0 radical (unpaired) electrons. The molecule has 0 saturated heterocycles. The summed E-state index contributed by atoms with van der Waals surface area (Å²) in [5.74, 6) is -6.42. The fourth-order valence-corrected chi connectivity index (χ4v) is 0.708. The highest BCUT2D eigenvalue weighted by Crippen LogP contribution is 2.49. The molecule has 0 bridgehead atoms. The molecular weight excluding hydrogens is 291 g/mol. The molecule has 0 aliphatic heterocycles. The summed E-state index contributed by atoms with van der Waals surface area (Å²) in [5.41, 5.74) is 0. The summed E-state index contributed by atoms with van der Waals surface area (Å²) in [7, 11) is 0. The first-order valence-electron chi connectivity index (χ1n) is 3.92. The zero-order valence-electron chi connectivity index (χ0n) is 8.08. The van der Waals surface area contributed by atoms with Crippen molar-refractivity contribution in [1.29, 1.82) is 0 Å². The second-order valence-electron chi connectivity index (χ2n) is 2.73. The van der Waals surface area contributed by atoms with E-state index in [1.165, 1.54) is 0 Å². The Kier molecular flexibility index (Phi) is 4.88. The predicted molar refractivity (Wildman–Crippen MR) is 35.0 cm³/mol. The molecule has 0 aliphatic rings. The molecule has 0 saturated carbocycles. The van der Waals surface area contributed by atoms with Gasteiger partial charge in [-0.1, -0.05) is 0 Å². The average molecular weight is 296 g/mol. The minimum absolute atomic E-state index is 1.27. The highest BCUT2D eigenvalue weighted by Gasteiger charge is 2.77. The van der Waals surface area contributed by atoms with Gasteiger partial charge in [-0.15, -0.1) is 13.2 Å². The summed E-state index contributed by atoms with van der Waals surface area (Å²) in [6.07, 6.45) is -19.0. The lowest BCUT2D eigenvalue weighted by atomic mass is 10.2. The van der Waals surface area contributed by atoms with Crippen LogP contribution in [0.2, 0.25) is 0 Å². The summed E-state index contributed by atoms with van der Waals surface area (Å²) in [6, 6.07) is 0. The molecule has 12 heteroatoms. The van der Waals surface area contributed by atoms with Gasteiger partial charge in [0.05, 0.1) is 13.2 Å². The Morgan fingerprint density at radius 2 is 1.28 bits per heavy atom. The third-order valence-corrected chi connectivity index (χ3v) is 1.37. The second-order valence-corrected chi connectivity index (χ2v) is 2.73. The minimum Gasteiger partial charge on any atom is -0.394 e. The summed E-state index contributed by atoms with van der Waals surface area (Å²) in [6.45, 7) is -2.80. The van der Waals surface area contributed by atoms with Crippen LogP contribution in [-0.2, 0) is 9.47 Å². The van der Waals surface area contributed by atoms with Crippen molar-refractivity contribution < 1.29 is 54.1 Å². The largest absolute Gasteiger partial charge is 0.525 e. The second kappa shape index (κ2) is 5.09. The number of hydrogen-bond donors (Lipinski definition) is 1. The highest BCUT2D eigenvalue weighted by atomic mass is 19.4. The van der Waals surface area contributed by atoms with Crippen LogP contribution in [0.3, 0.4) is 0 Å². The van der Waals surface area contributed by atoms with Crippen LogP contribution < -0.4 is 0 Å². The van der Waals surface area contributed by atoms with E-state index in [-0.39, 0.29) is 0 Å². The van der Waals surface area contributed by atoms with Crippen LogP contribution >= 0.6 is 0 Å². The van der Waals surface area contributed by atoms with Crippen molar-refractivity contribution in [3.05, 3.63) is 0 Å². The van der Waals surface area contributed by atoms with Crippen molar-refractivity contribution in [2.45, 2.75) is 24.5 Å². The van der Waals surface area contributed by atoms with Gasteiger partial charge in [0.25, 0.3) is 0 Å². The zero-order valence-corrected chi connectivity index (χ0v) is 8.08. The highest BCUT2D eigenvalue weighted by molar-refractivity contribution is 4.87. The van der Waals surface area contributed by atoms with Crippen LogP contribution in [0.5, 0.6) is 0 Å². The van der Waals surface area contributed by atoms with E-state index in [9.17, 15) is 39.5 Å². The number of alkyl halides is 9. The van der Waals surface area contributed by atoms with Crippen LogP contribution in [0.15, 0.2) is 0 Å². The monoisotopic (exact) mass is 296 g/mol. The Morgan fingerprint density at radius 3 is 1.56 bits per heavy atom. The van der Waals surface area contributed by atoms with Gasteiger partial charge in [-0.05, 0) is 0 Å². The Morgan fingerprint density at radius 1 is 0.833 bits per heavy atom. The van der Waals surface area contributed by atoms with E-state index >= 15 is 0 Å². The first kappa shape index (κ1) is 17.2. The lowest BCUT2D eigenvalue weighted by Gasteiger charge is -2.33. The van der Waals surface area contributed by atoms with Crippen molar-refractivity contribution >= 4 is 0 Å². The Hall–Kier alpha value is -0.750. The first-order valence-corrected chi connectivity index (χ1v) is 3.92. The molecule has 1 atom stereocenters. The predicted octanol–water partition coefficient (Wildman–Crippen LogP) is 2.35. The lowest BCUT2D eigenvalue weighted by Crippen LogP contribution is -2.60. The maximum absolute atomic E-state index is 12.9. The van der Waals surface area contributed by atoms with Gasteiger partial charge < -0.3 is 9.84 Å². The van der Waals surface area contributed by atoms with Gasteiger partial charge >= 0.3 is 24.5 Å². The van der Waals surface area contributed by atoms with Gasteiger partial charge in [0.15, 0.2) is 0 Å². The van der Waals surface area contributed by atoms with E-state index in [1.807, 2.05) is 0 Å². The van der Waals surface area contributed by atoms with E-state index in [1.54, 1.807) is 4.74 Å². The minimum atomic E-state index is -6.72. The molecule has 0 fully saturated rings. The third-order valence-electron chi connectivity index (χ3n) is 1.37. The van der Waals surface area contributed by atoms with Crippen LogP contribution in [0, 0.1) is 0 Å². The van der Waals surface area contributed by atoms with Gasteiger partial charge in [0.1, 0.15) is 0 Å². The Balaban J connectivity index is 5.35. The molecule has 0 aromatic heterocycles. The molecule has 3 nitrogen and oxygen atoms in total. The van der Waals surface area contributed by atoms with Gasteiger partial charge in [-0.2, -0.15) is 26.3 Å². The number of halogens is 9. The van der Waals surface area contributed by atoms with Crippen molar-refractivity contribution in [2.75, 3.05) is 13.2 Å². The quantitative estimate of drug-likeness (QED) is 0.792. The van der Waals surface area contributed by atoms with Crippen LogP contribution in [0.25, 0.3) is 0 Å². The molecule has 110 valence electrons. The number of aliphatic hydroxyl groups is 1. The number of hydrogen-bond acceptors (Lipinski definition) is 3. The number of ether oxygens (including phenoxy) is 2. The summed E-state index contributed by atoms with van der Waals surface area (Å²) in [4.78, 5) is 0. The molecule has 0 heterocycles. The van der Waals surface area contributed by atoms with Crippen molar-refractivity contribution in [3.8, 4) is 0 Å². The van der Waals surface area contributed by atoms with Gasteiger partial charge in [-0.3, -0.25) is 0 Å². The SMILES string of the molecule is OCCOC(F)(F)C(F)(OC(F)(F)F)C(F)(F)F. The molecule has 0 rings (SSSR count). The fraction of sp³-hybridized carbons (Fsp3) is 1.00. The first-order chi connectivity index (χ1) is 7.77. The van der Waals surface area contributed by atoms with Crippen LogP contribution in [0.4, 0.5) is 39.5 Å². The van der Waals surface area contributed by atoms with Gasteiger partial charge in [0.2, 0.25) is 0 Å². The molecule has 18 heavy (non-hydrogen) atoms. The van der Waals surface area contributed by atoms with E-state index in [0.717, 1.165) is 0 Å². The molecule has 0 spiro atoms. The molecule has 0 aromatic carbocycles. The molecule has 0 aromatic rings. The normalized spacial score (nSPS) is 17.7. The third kappa shape index (κ3) is 3.88. The van der Waals surface area contributed by atoms with Crippen LogP contribution in [0.1, 0.15) is 0 Å². The Labute approximate surface area is 93.1 Å². The summed E-state index contributed by atoms with van der Waals surface area (Å²) in [5, 5.41) is 8.01. The lowest BCUT2D eigenvalue weighted by molar-refractivity contribution is -0.520. The van der Waals surface area contributed by atoms with Crippen molar-refractivity contribution in [3.63, 3.8) is 0 Å². The van der Waals surface area contributed by atoms with E-state index in [4.69, 9.17) is 5.11 Å². The molecule has 0 amide bonds. The Bertz CT molecular complexity index is 272. The van der Waals surface area contributed by atoms with Gasteiger partial charge in [-0.25, -0.2) is 4.74 Å². The summed E-state index contributed by atoms with van der Waals surface area (Å²) < 4.78 is 113. The smallest absolute Gasteiger partial charge is 0.394 e. The summed E-state index contributed by atoms with van der Waals surface area (Å²) >= 11 is 0. The molecule has 1 N–H and O–H groups in total. The van der Waals surface area contributed by atoms with Crippen LogP contribution in [-0.4, -0.2) is 42.8 Å². The molecule has 0 aliphatic carbocycles. The average Bonchev–Trinajstić information content (AvgIpc) is 2.10. The molecular formula is C6H5F9O3. The standard InChI is InChI=1S/C6H5F9O3/c7-3(4(8,9)10,18-6(13,14)15)5(11,12)17-2-1-16/h16H,1-2H2. The van der Waals surface area contributed by atoms with E-state index < -0.39 is 37.7 Å². The number of rotatable bonds is 5. The van der Waals surface area contributed by atoms with Crippen molar-refractivity contribution in [2.24, 2.45) is 0 Å². The van der Waals surface area contributed by atoms with Crippen molar-refractivity contribution in [1.82, 2.24) is 0 Å². The van der Waals surface area contributed by atoms with E-state index in [0.29, 0.717) is 0 Å². The molecule has 1 unspecified atom stereocenters. The van der Waals surface area contributed by atoms with Gasteiger partial charge in [0, 0.05) is 0 Å². The topological polar surface area (TPSA) is 38.7 Å². The maximum atomic E-state index is 12.9. The number of aliphatic hydroxyl groups excluding tert-OH is 1.